The summed E-state index contributed by atoms with van der Waals surface area (Å²) in [5, 5.41) is 10.5. The average molecular weight is 324 g/mol. The minimum absolute atomic E-state index is 0.0778. The van der Waals surface area contributed by atoms with Crippen molar-refractivity contribution in [3.05, 3.63) is 39.9 Å². The maximum atomic E-state index is 11.8. The van der Waals surface area contributed by atoms with E-state index in [0.717, 1.165) is 0 Å². The molecule has 2 amide bonds. The minimum atomic E-state index is -0.592. The second-order valence-electron chi connectivity index (χ2n) is 4.19. The molecular formula is C13H16N4O4S. The van der Waals surface area contributed by atoms with Gasteiger partial charge in [0.2, 0.25) is 0 Å². The van der Waals surface area contributed by atoms with Crippen LogP contribution in [0.3, 0.4) is 0 Å². The molecule has 22 heavy (non-hydrogen) atoms. The second kappa shape index (κ2) is 8.03. The van der Waals surface area contributed by atoms with Crippen molar-refractivity contribution in [1.82, 2.24) is 15.8 Å². The highest BCUT2D eigenvalue weighted by Gasteiger charge is 2.16. The molecule has 0 saturated carbocycles. The number of hydrogen-bond donors (Lipinski definition) is 2. The number of carbonyl (C=O) groups is 2. The van der Waals surface area contributed by atoms with Gasteiger partial charge < -0.3 is 4.90 Å². The van der Waals surface area contributed by atoms with Crippen LogP contribution in [0.1, 0.15) is 24.2 Å². The molecule has 0 aliphatic heterocycles. The Hall–Kier alpha value is -2.55. The van der Waals surface area contributed by atoms with Gasteiger partial charge in [-0.1, -0.05) is 12.2 Å². The Morgan fingerprint density at radius 2 is 1.73 bits per heavy atom. The third-order valence-electron chi connectivity index (χ3n) is 2.87. The minimum Gasteiger partial charge on any atom is -0.359 e. The molecule has 0 aliphatic carbocycles. The number of benzene rings is 1. The SMILES string of the molecule is CCN(CC)C(=S)C(=O)NNC(=O)c1ccc([N+](=O)[O-])cc1. The molecule has 0 heterocycles. The summed E-state index contributed by atoms with van der Waals surface area (Å²) >= 11 is 5.00. The van der Waals surface area contributed by atoms with Gasteiger partial charge in [-0.25, -0.2) is 0 Å². The fourth-order valence-corrected chi connectivity index (χ4v) is 1.94. The van der Waals surface area contributed by atoms with Gasteiger partial charge in [0.1, 0.15) is 0 Å². The fraction of sp³-hybridized carbons (Fsp3) is 0.308. The van der Waals surface area contributed by atoms with Crippen LogP contribution < -0.4 is 10.9 Å². The molecule has 0 atom stereocenters. The van der Waals surface area contributed by atoms with Crippen molar-refractivity contribution in [2.45, 2.75) is 13.8 Å². The molecule has 9 heteroatoms. The lowest BCUT2D eigenvalue weighted by molar-refractivity contribution is -0.384. The predicted molar refractivity (Wildman–Crippen MR) is 84.2 cm³/mol. The summed E-state index contributed by atoms with van der Waals surface area (Å²) in [5.74, 6) is -1.18. The number of carbonyl (C=O) groups excluding carboxylic acids is 2. The first kappa shape index (κ1) is 17.5. The number of hydrogen-bond acceptors (Lipinski definition) is 5. The summed E-state index contributed by atoms with van der Waals surface area (Å²) in [5.41, 5.74) is 4.48. The van der Waals surface area contributed by atoms with Gasteiger partial charge in [-0.05, 0) is 26.0 Å². The highest BCUT2D eigenvalue weighted by atomic mass is 32.1. The Balaban J connectivity index is 2.60. The smallest absolute Gasteiger partial charge is 0.297 e. The van der Waals surface area contributed by atoms with Gasteiger partial charge in [-0.3, -0.25) is 30.6 Å². The highest BCUT2D eigenvalue weighted by Crippen LogP contribution is 2.11. The van der Waals surface area contributed by atoms with Crippen molar-refractivity contribution in [2.75, 3.05) is 13.1 Å². The van der Waals surface area contributed by atoms with E-state index in [2.05, 4.69) is 10.9 Å². The van der Waals surface area contributed by atoms with E-state index in [1.807, 2.05) is 13.8 Å². The van der Waals surface area contributed by atoms with E-state index in [1.165, 1.54) is 24.3 Å². The predicted octanol–water partition coefficient (Wildman–Crippen LogP) is 1.02. The number of non-ortho nitro benzene ring substituents is 1. The van der Waals surface area contributed by atoms with Gasteiger partial charge in [0.05, 0.1) is 4.92 Å². The summed E-state index contributed by atoms with van der Waals surface area (Å²) in [6.45, 7) is 4.88. The van der Waals surface area contributed by atoms with E-state index in [-0.39, 0.29) is 16.2 Å². The Morgan fingerprint density at radius 3 is 2.18 bits per heavy atom. The largest absolute Gasteiger partial charge is 0.359 e. The van der Waals surface area contributed by atoms with Crippen LogP contribution >= 0.6 is 12.2 Å². The summed E-state index contributed by atoms with van der Waals surface area (Å²) in [4.78, 5) is 35.3. The molecule has 2 N–H and O–H groups in total. The first-order valence-corrected chi connectivity index (χ1v) is 6.95. The van der Waals surface area contributed by atoms with Crippen LogP contribution in [0, 0.1) is 10.1 Å². The number of thiocarbonyl (C=S) groups is 1. The molecule has 1 aromatic rings. The van der Waals surface area contributed by atoms with Gasteiger partial charge >= 0.3 is 0 Å². The molecule has 0 saturated heterocycles. The Bertz CT molecular complexity index is 584. The van der Waals surface area contributed by atoms with Crippen molar-refractivity contribution >= 4 is 34.7 Å². The van der Waals surface area contributed by atoms with Crippen molar-refractivity contribution in [1.29, 1.82) is 0 Å². The van der Waals surface area contributed by atoms with Crippen LogP contribution in [0.5, 0.6) is 0 Å². The quantitative estimate of drug-likeness (QED) is 0.487. The standard InChI is InChI=1S/C13H16N4O4S/c1-3-16(4-2)13(22)12(19)15-14-11(18)9-5-7-10(8-6-9)17(20)21/h5-8H,3-4H2,1-2H3,(H,14,18)(H,15,19). The molecule has 1 aromatic carbocycles. The topological polar surface area (TPSA) is 105 Å². The molecule has 0 aromatic heterocycles. The lowest BCUT2D eigenvalue weighted by Crippen LogP contribution is -2.49. The first-order valence-electron chi connectivity index (χ1n) is 6.54. The number of hydrazine groups is 1. The first-order chi connectivity index (χ1) is 10.4. The molecule has 0 bridgehead atoms. The van der Waals surface area contributed by atoms with Crippen LogP contribution in [0.25, 0.3) is 0 Å². The normalized spacial score (nSPS) is 9.73. The number of nitrogens with one attached hydrogen (secondary N) is 2. The Labute approximate surface area is 132 Å². The molecule has 0 unspecified atom stereocenters. The third-order valence-corrected chi connectivity index (χ3v) is 3.32. The molecule has 1 rings (SSSR count). The molecular weight excluding hydrogens is 308 g/mol. The Morgan fingerprint density at radius 1 is 1.18 bits per heavy atom. The van der Waals surface area contributed by atoms with E-state index in [4.69, 9.17) is 12.2 Å². The summed E-state index contributed by atoms with van der Waals surface area (Å²) in [6, 6.07) is 5.00. The van der Waals surface area contributed by atoms with Crippen LogP contribution in [0.2, 0.25) is 0 Å². The molecule has 0 radical (unpaired) electrons. The van der Waals surface area contributed by atoms with E-state index in [9.17, 15) is 19.7 Å². The number of nitro groups is 1. The number of likely N-dealkylation sites (N-methyl/N-ethyl adjacent to an activating group) is 1. The summed E-state index contributed by atoms with van der Waals surface area (Å²) in [6.07, 6.45) is 0. The number of rotatable bonds is 4. The van der Waals surface area contributed by atoms with Gasteiger partial charge in [0.25, 0.3) is 17.5 Å². The highest BCUT2D eigenvalue weighted by molar-refractivity contribution is 7.82. The van der Waals surface area contributed by atoms with Crippen molar-refractivity contribution in [3.8, 4) is 0 Å². The zero-order chi connectivity index (χ0) is 16.7. The van der Waals surface area contributed by atoms with Gasteiger partial charge in [0, 0.05) is 30.8 Å². The molecule has 118 valence electrons. The molecule has 0 fully saturated rings. The molecule has 8 nitrogen and oxygen atoms in total. The number of nitro benzene ring substituents is 1. The number of nitrogens with zero attached hydrogens (tertiary/aromatic N) is 2. The van der Waals surface area contributed by atoms with Gasteiger partial charge in [-0.15, -0.1) is 0 Å². The van der Waals surface area contributed by atoms with Crippen LogP contribution in [0.15, 0.2) is 24.3 Å². The van der Waals surface area contributed by atoms with Crippen LogP contribution in [-0.4, -0.2) is 39.7 Å². The van der Waals surface area contributed by atoms with Gasteiger partial charge in [-0.2, -0.15) is 0 Å². The van der Waals surface area contributed by atoms with Crippen molar-refractivity contribution in [3.63, 3.8) is 0 Å². The molecule has 0 aliphatic rings. The third kappa shape index (κ3) is 4.48. The van der Waals surface area contributed by atoms with Crippen LogP contribution in [0.4, 0.5) is 5.69 Å². The van der Waals surface area contributed by atoms with Gasteiger partial charge in [0.15, 0.2) is 4.99 Å². The van der Waals surface area contributed by atoms with Crippen molar-refractivity contribution < 1.29 is 14.5 Å². The zero-order valence-corrected chi connectivity index (χ0v) is 13.0. The Kier molecular flexibility index (Phi) is 6.39. The lowest BCUT2D eigenvalue weighted by Gasteiger charge is -2.20. The van der Waals surface area contributed by atoms with E-state index in [1.54, 1.807) is 4.90 Å². The molecule has 0 spiro atoms. The van der Waals surface area contributed by atoms with Crippen LogP contribution in [-0.2, 0) is 4.79 Å². The van der Waals surface area contributed by atoms with E-state index in [0.29, 0.717) is 13.1 Å². The second-order valence-corrected chi connectivity index (χ2v) is 4.58. The average Bonchev–Trinajstić information content (AvgIpc) is 2.53. The maximum absolute atomic E-state index is 11.8. The monoisotopic (exact) mass is 324 g/mol. The van der Waals surface area contributed by atoms with E-state index < -0.39 is 16.7 Å². The maximum Gasteiger partial charge on any atom is 0.297 e. The summed E-state index contributed by atoms with van der Waals surface area (Å²) in [7, 11) is 0. The van der Waals surface area contributed by atoms with E-state index >= 15 is 0 Å². The lowest BCUT2D eigenvalue weighted by atomic mass is 10.2. The fourth-order valence-electron chi connectivity index (χ4n) is 1.63. The van der Waals surface area contributed by atoms with Crippen molar-refractivity contribution in [2.24, 2.45) is 0 Å². The zero-order valence-electron chi connectivity index (χ0n) is 12.2. The summed E-state index contributed by atoms with van der Waals surface area (Å²) < 4.78 is 0. The number of amides is 2.